The molecule has 0 spiro atoms. The van der Waals surface area contributed by atoms with Crippen LogP contribution in [0.2, 0.25) is 10.0 Å². The lowest BCUT2D eigenvalue weighted by Crippen LogP contribution is -2.28. The van der Waals surface area contributed by atoms with Crippen molar-refractivity contribution < 1.29 is 19.8 Å². The van der Waals surface area contributed by atoms with Gasteiger partial charge in [0.2, 0.25) is 0 Å². The molecular weight excluding hydrogens is 341 g/mol. The first-order chi connectivity index (χ1) is 10.7. The van der Waals surface area contributed by atoms with Gasteiger partial charge in [0.25, 0.3) is 0 Å². The summed E-state index contributed by atoms with van der Waals surface area (Å²) in [5.74, 6) is -2.30. The normalized spacial score (nSPS) is 15.2. The van der Waals surface area contributed by atoms with Crippen LogP contribution in [-0.2, 0) is 9.59 Å². The van der Waals surface area contributed by atoms with Gasteiger partial charge in [0.05, 0.1) is 27.7 Å². The molecule has 2 rings (SSSR count). The highest BCUT2D eigenvalue weighted by Gasteiger charge is 2.30. The maximum Gasteiger partial charge on any atom is 0.333 e. The standard InChI is InChI=1S/C16H14Cl2NO4/c1-8-11(15(20)21)6-12(16(22)23)9(2)19(8)7-10-4-3-5-13(17)14(10)18/h3-5,7H,6H2,1-2H3,(H,20,21)(H,22,23). The minimum absolute atomic E-state index is 0.0300. The SMILES string of the molecule is CC1=C(C(=O)O)CC(C(=O)O)=C(C)N1[CH]c1cccc(Cl)c1Cl. The molecule has 0 aromatic heterocycles. The fourth-order valence-corrected chi connectivity index (χ4v) is 2.75. The van der Waals surface area contributed by atoms with E-state index >= 15 is 0 Å². The molecule has 0 saturated carbocycles. The topological polar surface area (TPSA) is 77.8 Å². The quantitative estimate of drug-likeness (QED) is 0.856. The summed E-state index contributed by atoms with van der Waals surface area (Å²) in [6.45, 7) is 4.84. The molecule has 0 atom stereocenters. The predicted molar refractivity (Wildman–Crippen MR) is 87.0 cm³/mol. The second-order valence-electron chi connectivity index (χ2n) is 5.06. The van der Waals surface area contributed by atoms with Gasteiger partial charge in [-0.05, 0) is 25.5 Å². The number of aliphatic carboxylic acids is 2. The van der Waals surface area contributed by atoms with Crippen LogP contribution in [-0.4, -0.2) is 27.1 Å². The maximum absolute atomic E-state index is 11.4. The average Bonchev–Trinajstić information content (AvgIpc) is 2.47. The van der Waals surface area contributed by atoms with Crippen molar-refractivity contribution in [2.24, 2.45) is 0 Å². The summed E-state index contributed by atoms with van der Waals surface area (Å²) >= 11 is 12.1. The summed E-state index contributed by atoms with van der Waals surface area (Å²) in [4.78, 5) is 24.3. The number of carbonyl (C=O) groups is 2. The summed E-state index contributed by atoms with van der Waals surface area (Å²) < 4.78 is 0. The lowest BCUT2D eigenvalue weighted by molar-refractivity contribution is -0.133. The molecule has 1 aromatic rings. The van der Waals surface area contributed by atoms with Gasteiger partial charge in [-0.2, -0.15) is 0 Å². The number of halogens is 2. The Morgan fingerprint density at radius 1 is 1.09 bits per heavy atom. The van der Waals surface area contributed by atoms with Crippen LogP contribution in [0.5, 0.6) is 0 Å². The molecule has 5 nitrogen and oxygen atoms in total. The molecule has 0 unspecified atom stereocenters. The van der Waals surface area contributed by atoms with Crippen LogP contribution in [0, 0.1) is 6.54 Å². The molecule has 1 aromatic carbocycles. The molecular formula is C16H14Cl2NO4. The number of nitrogens with zero attached hydrogens (tertiary/aromatic N) is 1. The van der Waals surface area contributed by atoms with E-state index in [0.717, 1.165) is 0 Å². The van der Waals surface area contributed by atoms with Crippen molar-refractivity contribution in [3.8, 4) is 0 Å². The summed E-state index contributed by atoms with van der Waals surface area (Å²) in [6, 6.07) is 5.05. The highest BCUT2D eigenvalue weighted by Crippen LogP contribution is 2.35. The summed E-state index contributed by atoms with van der Waals surface area (Å²) in [7, 11) is 0. The molecule has 0 saturated heterocycles. The largest absolute Gasteiger partial charge is 0.478 e. The second-order valence-corrected chi connectivity index (χ2v) is 5.84. The van der Waals surface area contributed by atoms with Crippen molar-refractivity contribution >= 4 is 35.1 Å². The van der Waals surface area contributed by atoms with E-state index in [2.05, 4.69) is 0 Å². The van der Waals surface area contributed by atoms with Crippen LogP contribution in [0.3, 0.4) is 0 Å². The zero-order valence-electron chi connectivity index (χ0n) is 12.4. The van der Waals surface area contributed by atoms with E-state index < -0.39 is 11.9 Å². The van der Waals surface area contributed by atoms with Gasteiger partial charge in [0.15, 0.2) is 0 Å². The Hall–Kier alpha value is -1.98. The molecule has 1 aliphatic rings. The summed E-state index contributed by atoms with van der Waals surface area (Å²) in [6.07, 6.45) is -0.129. The Kier molecular flexibility index (Phi) is 5.02. The molecule has 7 heteroatoms. The maximum atomic E-state index is 11.4. The van der Waals surface area contributed by atoms with Gasteiger partial charge < -0.3 is 15.1 Å². The molecule has 121 valence electrons. The van der Waals surface area contributed by atoms with Gasteiger partial charge in [-0.15, -0.1) is 0 Å². The minimum atomic E-state index is -1.15. The Balaban J connectivity index is 2.51. The van der Waals surface area contributed by atoms with E-state index in [1.165, 1.54) is 4.90 Å². The third kappa shape index (κ3) is 3.35. The van der Waals surface area contributed by atoms with Crippen LogP contribution >= 0.6 is 23.2 Å². The first kappa shape index (κ1) is 17.4. The lowest BCUT2D eigenvalue weighted by atomic mass is 9.96. The van der Waals surface area contributed by atoms with Crippen LogP contribution < -0.4 is 0 Å². The van der Waals surface area contributed by atoms with Gasteiger partial charge >= 0.3 is 11.9 Å². The van der Waals surface area contributed by atoms with Crippen LogP contribution in [0.1, 0.15) is 25.8 Å². The van der Waals surface area contributed by atoms with Crippen molar-refractivity contribution in [3.05, 3.63) is 62.9 Å². The van der Waals surface area contributed by atoms with E-state index in [4.69, 9.17) is 23.2 Å². The molecule has 0 aliphatic carbocycles. The fraction of sp³-hybridized carbons (Fsp3) is 0.188. The van der Waals surface area contributed by atoms with Gasteiger partial charge in [0, 0.05) is 17.8 Å². The molecule has 0 fully saturated rings. The molecule has 1 heterocycles. The van der Waals surface area contributed by atoms with E-state index in [1.54, 1.807) is 38.6 Å². The first-order valence-corrected chi connectivity index (χ1v) is 7.43. The third-order valence-electron chi connectivity index (χ3n) is 3.72. The smallest absolute Gasteiger partial charge is 0.333 e. The number of carboxylic acid groups (broad SMARTS) is 2. The van der Waals surface area contributed by atoms with Crippen molar-refractivity contribution in [2.45, 2.75) is 20.3 Å². The highest BCUT2D eigenvalue weighted by molar-refractivity contribution is 6.42. The Bertz CT molecular complexity index is 716. The van der Waals surface area contributed by atoms with Crippen molar-refractivity contribution in [2.75, 3.05) is 0 Å². The molecule has 0 amide bonds. The van der Waals surface area contributed by atoms with E-state index in [9.17, 15) is 19.8 Å². The Labute approximate surface area is 143 Å². The van der Waals surface area contributed by atoms with Crippen LogP contribution in [0.15, 0.2) is 40.7 Å². The molecule has 1 radical (unpaired) electrons. The van der Waals surface area contributed by atoms with E-state index in [0.29, 0.717) is 27.0 Å². The number of carboxylic acids is 2. The van der Waals surface area contributed by atoms with Crippen LogP contribution in [0.25, 0.3) is 0 Å². The molecule has 2 N–H and O–H groups in total. The third-order valence-corrected chi connectivity index (χ3v) is 4.55. The summed E-state index contributed by atoms with van der Waals surface area (Å²) in [5, 5.41) is 19.3. The van der Waals surface area contributed by atoms with Crippen molar-refractivity contribution in [3.63, 3.8) is 0 Å². The summed E-state index contributed by atoms with van der Waals surface area (Å²) in [5.41, 5.74) is 1.51. The van der Waals surface area contributed by atoms with Gasteiger partial charge in [0.1, 0.15) is 0 Å². The average molecular weight is 355 g/mol. The van der Waals surface area contributed by atoms with Gasteiger partial charge in [-0.3, -0.25) is 0 Å². The number of allylic oxidation sites excluding steroid dienone is 2. The van der Waals surface area contributed by atoms with E-state index in [-0.39, 0.29) is 17.6 Å². The zero-order chi connectivity index (χ0) is 17.3. The number of rotatable bonds is 4. The lowest BCUT2D eigenvalue weighted by Gasteiger charge is -2.32. The molecule has 23 heavy (non-hydrogen) atoms. The molecule has 1 aliphatic heterocycles. The predicted octanol–water partition coefficient (Wildman–Crippen LogP) is 3.93. The Morgan fingerprint density at radius 3 is 2.09 bits per heavy atom. The zero-order valence-corrected chi connectivity index (χ0v) is 13.9. The number of hydrogen-bond donors (Lipinski definition) is 2. The van der Waals surface area contributed by atoms with Crippen molar-refractivity contribution in [1.29, 1.82) is 0 Å². The van der Waals surface area contributed by atoms with E-state index in [1.807, 2.05) is 0 Å². The van der Waals surface area contributed by atoms with Gasteiger partial charge in [-0.1, -0.05) is 35.3 Å². The second kappa shape index (κ2) is 6.64. The number of benzene rings is 1. The molecule has 0 bridgehead atoms. The fourth-order valence-electron chi connectivity index (χ4n) is 2.39. The Morgan fingerprint density at radius 2 is 1.61 bits per heavy atom. The first-order valence-electron chi connectivity index (χ1n) is 6.68. The minimum Gasteiger partial charge on any atom is -0.478 e. The van der Waals surface area contributed by atoms with Crippen LogP contribution in [0.4, 0.5) is 0 Å². The van der Waals surface area contributed by atoms with Gasteiger partial charge in [-0.25, -0.2) is 9.59 Å². The number of hydrogen-bond acceptors (Lipinski definition) is 3. The van der Waals surface area contributed by atoms with Crippen molar-refractivity contribution in [1.82, 2.24) is 4.90 Å². The highest BCUT2D eigenvalue weighted by atomic mass is 35.5. The monoisotopic (exact) mass is 354 g/mol.